The van der Waals surface area contributed by atoms with E-state index in [4.69, 9.17) is 21.3 Å². The molecule has 1 aliphatic rings. The molecule has 0 aromatic heterocycles. The summed E-state index contributed by atoms with van der Waals surface area (Å²) in [7, 11) is 5.87. The second-order valence-corrected chi connectivity index (χ2v) is 6.17. The van der Waals surface area contributed by atoms with E-state index < -0.39 is 0 Å². The Kier molecular flexibility index (Phi) is 5.08. The molecule has 0 saturated carbocycles. The summed E-state index contributed by atoms with van der Waals surface area (Å²) < 4.78 is 12.3. The molecule has 6 heteroatoms. The zero-order chi connectivity index (χ0) is 17.1. The second-order valence-electron chi connectivity index (χ2n) is 5.29. The minimum atomic E-state index is -0.182. The van der Waals surface area contributed by atoms with Gasteiger partial charge in [-0.05, 0) is 35.4 Å². The maximum atomic E-state index is 6.55. The van der Waals surface area contributed by atoms with Crippen LogP contribution in [0.4, 0.5) is 0 Å². The van der Waals surface area contributed by atoms with Gasteiger partial charge >= 0.3 is 0 Å². The Labute approximate surface area is 149 Å². The molecule has 0 spiro atoms. The normalized spacial score (nSPS) is 17.2. The van der Waals surface area contributed by atoms with E-state index in [-0.39, 0.29) is 6.04 Å². The van der Waals surface area contributed by atoms with E-state index in [9.17, 15) is 0 Å². The molecule has 1 heterocycles. The summed E-state index contributed by atoms with van der Waals surface area (Å²) in [5.74, 6) is 1.58. The molecule has 0 amide bonds. The highest BCUT2D eigenvalue weighted by atomic mass is 35.5. The number of rotatable bonds is 4. The van der Waals surface area contributed by atoms with Crippen LogP contribution in [0.25, 0.3) is 5.57 Å². The number of benzene rings is 2. The third-order valence-electron chi connectivity index (χ3n) is 3.89. The molecule has 2 aromatic rings. The fourth-order valence-corrected chi connectivity index (χ4v) is 3.16. The van der Waals surface area contributed by atoms with E-state index in [1.165, 1.54) is 0 Å². The minimum Gasteiger partial charge on any atom is -0.497 e. The Morgan fingerprint density at radius 2 is 1.71 bits per heavy atom. The monoisotopic (exact) mass is 360 g/mol. The Balaban J connectivity index is 2.09. The van der Waals surface area contributed by atoms with Crippen LogP contribution >= 0.6 is 21.0 Å². The molecule has 0 radical (unpaired) electrons. The third kappa shape index (κ3) is 3.26. The van der Waals surface area contributed by atoms with Gasteiger partial charge < -0.3 is 9.47 Å². The molecule has 124 valence electrons. The molecule has 0 aliphatic carbocycles. The Morgan fingerprint density at radius 3 is 2.42 bits per heavy atom. The maximum Gasteiger partial charge on any atom is 0.136 e. The van der Waals surface area contributed by atoms with Gasteiger partial charge in [0, 0.05) is 23.5 Å². The zero-order valence-electron chi connectivity index (χ0n) is 13.4. The lowest BCUT2D eigenvalue weighted by Crippen LogP contribution is -2.26. The molecule has 2 atom stereocenters. The number of amidine groups is 1. The van der Waals surface area contributed by atoms with Crippen LogP contribution in [0, 0.1) is 0 Å². The molecular weight excluding hydrogens is 343 g/mol. The fraction of sp³-hybridized carbons (Fsp3) is 0.167. The highest BCUT2D eigenvalue weighted by Gasteiger charge is 2.29. The van der Waals surface area contributed by atoms with Crippen LogP contribution in [0.3, 0.4) is 0 Å². The number of aliphatic imine (C=N–C) groups is 1. The zero-order valence-corrected chi connectivity index (χ0v) is 15.4. The highest BCUT2D eigenvalue weighted by molar-refractivity contribution is 7.40. The smallest absolute Gasteiger partial charge is 0.136 e. The molecule has 0 N–H and O–H groups in total. The maximum absolute atomic E-state index is 6.55. The van der Waals surface area contributed by atoms with Gasteiger partial charge in [0.1, 0.15) is 17.1 Å². The molecule has 0 fully saturated rings. The summed E-state index contributed by atoms with van der Waals surface area (Å²) in [4.78, 5) is 4.38. The second kappa shape index (κ2) is 7.25. The van der Waals surface area contributed by atoms with Crippen molar-refractivity contribution in [2.75, 3.05) is 14.2 Å². The van der Waals surface area contributed by atoms with Crippen LogP contribution in [0.1, 0.15) is 17.2 Å². The van der Waals surface area contributed by atoms with Crippen molar-refractivity contribution in [2.45, 2.75) is 6.04 Å². The van der Waals surface area contributed by atoms with Gasteiger partial charge in [-0.2, -0.15) is 0 Å². The molecule has 3 rings (SSSR count). The van der Waals surface area contributed by atoms with E-state index in [0.29, 0.717) is 5.58 Å². The first-order valence-corrected chi connectivity index (χ1v) is 8.32. The van der Waals surface area contributed by atoms with Crippen molar-refractivity contribution in [1.29, 1.82) is 0 Å². The highest BCUT2D eigenvalue weighted by Crippen LogP contribution is 2.41. The molecule has 4 nitrogen and oxygen atoms in total. The fourth-order valence-electron chi connectivity index (χ4n) is 2.67. The van der Waals surface area contributed by atoms with Gasteiger partial charge in [-0.15, -0.1) is 0 Å². The predicted molar refractivity (Wildman–Crippen MR) is 102 cm³/mol. The van der Waals surface area contributed by atoms with Crippen LogP contribution in [-0.2, 0) is 0 Å². The van der Waals surface area contributed by atoms with Crippen molar-refractivity contribution in [3.8, 4) is 11.5 Å². The molecular formula is C18H18ClN2O2P. The summed E-state index contributed by atoms with van der Waals surface area (Å²) in [6.07, 6.45) is 1.85. The summed E-state index contributed by atoms with van der Waals surface area (Å²) >= 11 is 6.55. The predicted octanol–water partition coefficient (Wildman–Crippen LogP) is 4.49. The summed E-state index contributed by atoms with van der Waals surface area (Å²) in [6.45, 7) is 0. The SMILES string of the molecule is COc1cccc(C2=CN=C(P)N(Cl)C2c2cccc(OC)c2)c1. The lowest BCUT2D eigenvalue weighted by atomic mass is 9.92. The lowest BCUT2D eigenvalue weighted by Gasteiger charge is -2.32. The third-order valence-corrected chi connectivity index (χ3v) is 4.85. The first kappa shape index (κ1) is 16.8. The van der Waals surface area contributed by atoms with Crippen LogP contribution < -0.4 is 9.47 Å². The molecule has 0 bridgehead atoms. The summed E-state index contributed by atoms with van der Waals surface area (Å²) in [5.41, 5.74) is 3.68. The Morgan fingerprint density at radius 1 is 1.04 bits per heavy atom. The quantitative estimate of drug-likeness (QED) is 0.595. The Bertz CT molecular complexity index is 807. The van der Waals surface area contributed by atoms with Crippen molar-refractivity contribution in [1.82, 2.24) is 4.42 Å². The van der Waals surface area contributed by atoms with Gasteiger partial charge in [0.2, 0.25) is 0 Å². The standard InChI is InChI=1S/C18H18ClN2O2P/c1-22-14-7-3-5-12(9-14)16-11-20-18(24)21(19)17(16)13-6-4-8-15(10-13)23-2/h3-11,17H,24H2,1-2H3. The number of ether oxygens (including phenoxy) is 2. The van der Waals surface area contributed by atoms with Crippen LogP contribution in [0.5, 0.6) is 11.5 Å². The average Bonchev–Trinajstić information content (AvgIpc) is 2.63. The number of methoxy groups -OCH3 is 2. The summed E-state index contributed by atoms with van der Waals surface area (Å²) in [6, 6.07) is 15.6. The minimum absolute atomic E-state index is 0.182. The van der Waals surface area contributed by atoms with Gasteiger partial charge in [0.25, 0.3) is 0 Å². The van der Waals surface area contributed by atoms with Crippen molar-refractivity contribution in [3.63, 3.8) is 0 Å². The van der Waals surface area contributed by atoms with Gasteiger partial charge in [-0.25, -0.2) is 4.99 Å². The van der Waals surface area contributed by atoms with Crippen molar-refractivity contribution < 1.29 is 9.47 Å². The van der Waals surface area contributed by atoms with Crippen molar-refractivity contribution >= 4 is 32.2 Å². The molecule has 1 aliphatic heterocycles. The van der Waals surface area contributed by atoms with Crippen LogP contribution in [0.2, 0.25) is 0 Å². The van der Waals surface area contributed by atoms with Gasteiger partial charge in [-0.1, -0.05) is 33.5 Å². The molecule has 2 unspecified atom stereocenters. The van der Waals surface area contributed by atoms with E-state index in [1.54, 1.807) is 18.6 Å². The van der Waals surface area contributed by atoms with Gasteiger partial charge in [-0.3, -0.25) is 4.42 Å². The molecule has 2 aromatic carbocycles. The number of nitrogens with zero attached hydrogens (tertiary/aromatic N) is 2. The van der Waals surface area contributed by atoms with Gasteiger partial charge in [0.05, 0.1) is 20.3 Å². The van der Waals surface area contributed by atoms with E-state index in [0.717, 1.165) is 28.2 Å². The number of halogens is 1. The molecule has 0 saturated heterocycles. The van der Waals surface area contributed by atoms with E-state index in [1.807, 2.05) is 54.7 Å². The Hall–Kier alpha value is -2.03. The first-order chi connectivity index (χ1) is 11.6. The molecule has 24 heavy (non-hydrogen) atoms. The number of hydrogen-bond donors (Lipinski definition) is 0. The number of hydrogen-bond acceptors (Lipinski definition) is 4. The van der Waals surface area contributed by atoms with Crippen LogP contribution in [-0.4, -0.2) is 24.2 Å². The van der Waals surface area contributed by atoms with E-state index >= 15 is 0 Å². The van der Waals surface area contributed by atoms with Crippen LogP contribution in [0.15, 0.2) is 59.7 Å². The first-order valence-electron chi connectivity index (χ1n) is 7.40. The average molecular weight is 361 g/mol. The van der Waals surface area contributed by atoms with Crippen molar-refractivity contribution in [2.24, 2.45) is 4.99 Å². The lowest BCUT2D eigenvalue weighted by molar-refractivity contribution is 0.413. The largest absolute Gasteiger partial charge is 0.497 e. The van der Waals surface area contributed by atoms with Gasteiger partial charge in [0.15, 0.2) is 0 Å². The van der Waals surface area contributed by atoms with E-state index in [2.05, 4.69) is 14.2 Å². The topological polar surface area (TPSA) is 34.1 Å². The van der Waals surface area contributed by atoms with Crippen molar-refractivity contribution in [3.05, 3.63) is 65.9 Å². The summed E-state index contributed by atoms with van der Waals surface area (Å²) in [5, 5.41) is 0.